The number of imidazole rings is 1. The number of methoxy groups -OCH3 is 1. The van der Waals surface area contributed by atoms with Gasteiger partial charge in [-0.15, -0.1) is 0 Å². The fourth-order valence-corrected chi connectivity index (χ4v) is 4.34. The minimum absolute atomic E-state index is 0.148. The lowest BCUT2D eigenvalue weighted by molar-refractivity contribution is -0.140. The lowest BCUT2D eigenvalue weighted by Crippen LogP contribution is -2.05. The van der Waals surface area contributed by atoms with Crippen molar-refractivity contribution in [3.63, 3.8) is 0 Å². The number of fused-ring (bicyclic) bond motifs is 1. The molecule has 1 saturated carbocycles. The number of hydrogen-bond donors (Lipinski definition) is 0. The molecule has 198 valence electrons. The van der Waals surface area contributed by atoms with Crippen LogP contribution in [0.5, 0.6) is 11.8 Å². The highest BCUT2D eigenvalue weighted by Crippen LogP contribution is 2.45. The summed E-state index contributed by atoms with van der Waals surface area (Å²) in [6, 6.07) is 10.6. The summed E-state index contributed by atoms with van der Waals surface area (Å²) in [6.07, 6.45) is 1.63. The van der Waals surface area contributed by atoms with Gasteiger partial charge in [0.25, 0.3) is 0 Å². The highest BCUT2D eigenvalue weighted by atomic mass is 19.4. The Kier molecular flexibility index (Phi) is 6.09. The van der Waals surface area contributed by atoms with E-state index in [2.05, 4.69) is 19.9 Å². The normalized spacial score (nSPS) is 13.6. The molecular formula is C27H22F3N7O2. The van der Waals surface area contributed by atoms with Gasteiger partial charge in [-0.25, -0.2) is 24.9 Å². The smallest absolute Gasteiger partial charge is 0.434 e. The van der Waals surface area contributed by atoms with Gasteiger partial charge in [-0.1, -0.05) is 24.3 Å². The molecule has 0 bridgehead atoms. The van der Waals surface area contributed by atoms with Gasteiger partial charge < -0.3 is 14.0 Å². The highest BCUT2D eigenvalue weighted by molar-refractivity contribution is 5.82. The van der Waals surface area contributed by atoms with Crippen LogP contribution in [-0.4, -0.2) is 41.6 Å². The van der Waals surface area contributed by atoms with Gasteiger partial charge >= 0.3 is 6.18 Å². The number of hydrogen-bond acceptors (Lipinski definition) is 8. The van der Waals surface area contributed by atoms with Crippen molar-refractivity contribution >= 4 is 11.0 Å². The van der Waals surface area contributed by atoms with Crippen molar-refractivity contribution in [3.8, 4) is 34.5 Å². The summed E-state index contributed by atoms with van der Waals surface area (Å²) in [5, 5.41) is 0. The molecule has 0 atom stereocenters. The van der Waals surface area contributed by atoms with E-state index in [4.69, 9.17) is 19.4 Å². The maximum Gasteiger partial charge on any atom is 0.434 e. The molecule has 1 aliphatic carbocycles. The minimum atomic E-state index is -4.51. The van der Waals surface area contributed by atoms with E-state index in [1.165, 1.54) is 17.9 Å². The largest absolute Gasteiger partial charge is 0.480 e. The summed E-state index contributed by atoms with van der Waals surface area (Å²) >= 11 is 0. The highest BCUT2D eigenvalue weighted by Gasteiger charge is 2.34. The Hall–Kier alpha value is -4.61. The molecule has 39 heavy (non-hydrogen) atoms. The van der Waals surface area contributed by atoms with E-state index < -0.39 is 11.9 Å². The maximum absolute atomic E-state index is 13.1. The van der Waals surface area contributed by atoms with Gasteiger partial charge in [0.05, 0.1) is 18.3 Å². The number of rotatable bonds is 7. The third-order valence-electron chi connectivity index (χ3n) is 6.40. The molecule has 4 aromatic heterocycles. The van der Waals surface area contributed by atoms with Crippen molar-refractivity contribution in [2.24, 2.45) is 7.05 Å². The first-order chi connectivity index (χ1) is 18.8. The monoisotopic (exact) mass is 533 g/mol. The van der Waals surface area contributed by atoms with Crippen LogP contribution in [-0.2, 0) is 19.8 Å². The number of aromatic nitrogens is 7. The average molecular weight is 534 g/mol. The molecule has 1 fully saturated rings. The molecule has 12 heteroatoms. The summed E-state index contributed by atoms with van der Waals surface area (Å²) in [5.74, 6) is 1.58. The molecule has 6 rings (SSSR count). The summed E-state index contributed by atoms with van der Waals surface area (Å²) in [7, 11) is 3.07. The molecular weight excluding hydrogens is 511 g/mol. The van der Waals surface area contributed by atoms with Crippen molar-refractivity contribution < 1.29 is 22.6 Å². The number of nitrogens with zero attached hydrogens (tertiary/aromatic N) is 7. The Labute approximate surface area is 220 Å². The Morgan fingerprint density at radius 2 is 1.77 bits per heavy atom. The molecule has 9 nitrogen and oxygen atoms in total. The standard InChI is InChI=1S/C27H22F3N7O2/c1-37-12-19(27(28,29)30)35-24(37)17-7-5-15(6-8-17)13-39-26-22-18(4-3-11-31-22)34-23(36-26)20-21(16-9-10-16)32-14-33-25(20)38-2/h3-8,11-12,14,16H,9-10,13H2,1-2H3. The van der Waals surface area contributed by atoms with E-state index in [0.717, 1.165) is 30.3 Å². The molecule has 1 aliphatic rings. The molecule has 0 radical (unpaired) electrons. The summed E-state index contributed by atoms with van der Waals surface area (Å²) in [4.78, 5) is 26.3. The van der Waals surface area contributed by atoms with E-state index in [-0.39, 0.29) is 18.3 Å². The molecule has 0 unspecified atom stereocenters. The van der Waals surface area contributed by atoms with E-state index in [1.807, 2.05) is 6.07 Å². The third-order valence-corrected chi connectivity index (χ3v) is 6.40. The second kappa shape index (κ2) is 9.61. The van der Waals surface area contributed by atoms with Crippen LogP contribution in [0.25, 0.3) is 33.8 Å². The maximum atomic E-state index is 13.1. The van der Waals surface area contributed by atoms with Gasteiger partial charge in [0.2, 0.25) is 11.8 Å². The van der Waals surface area contributed by atoms with Crippen LogP contribution >= 0.6 is 0 Å². The van der Waals surface area contributed by atoms with Crippen LogP contribution in [0.4, 0.5) is 13.2 Å². The molecule has 0 spiro atoms. The number of pyridine rings is 1. The number of ether oxygens (including phenoxy) is 2. The fourth-order valence-electron chi connectivity index (χ4n) is 4.34. The quantitative estimate of drug-likeness (QED) is 0.275. The topological polar surface area (TPSA) is 101 Å². The predicted octanol–water partition coefficient (Wildman–Crippen LogP) is 5.37. The number of aryl methyl sites for hydroxylation is 1. The van der Waals surface area contributed by atoms with Crippen LogP contribution in [0.1, 0.15) is 35.7 Å². The SMILES string of the molecule is COc1ncnc(C2CC2)c1-c1nc(OCc2ccc(-c3nc(C(F)(F)F)cn3C)cc2)c2ncccc2n1. The number of alkyl halides is 3. The van der Waals surface area contributed by atoms with Gasteiger partial charge in [0, 0.05) is 30.9 Å². The zero-order valence-corrected chi connectivity index (χ0v) is 21.0. The summed E-state index contributed by atoms with van der Waals surface area (Å²) in [6.45, 7) is 0.148. The predicted molar refractivity (Wildman–Crippen MR) is 135 cm³/mol. The number of benzene rings is 1. The second-order valence-corrected chi connectivity index (χ2v) is 9.18. The summed E-state index contributed by atoms with van der Waals surface area (Å²) in [5.41, 5.74) is 2.97. The van der Waals surface area contributed by atoms with Crippen molar-refractivity contribution in [3.05, 3.63) is 72.1 Å². The first-order valence-electron chi connectivity index (χ1n) is 12.2. The first-order valence-corrected chi connectivity index (χ1v) is 12.2. The van der Waals surface area contributed by atoms with Gasteiger partial charge in [0.1, 0.15) is 24.3 Å². The molecule has 0 amide bonds. The Balaban J connectivity index is 1.30. The lowest BCUT2D eigenvalue weighted by atomic mass is 10.1. The molecule has 4 heterocycles. The van der Waals surface area contributed by atoms with Crippen molar-refractivity contribution in [1.82, 2.24) is 34.5 Å². The molecule has 0 saturated heterocycles. The van der Waals surface area contributed by atoms with Crippen LogP contribution in [0.15, 0.2) is 55.1 Å². The minimum Gasteiger partial charge on any atom is -0.480 e. The van der Waals surface area contributed by atoms with Crippen molar-refractivity contribution in [2.45, 2.75) is 31.5 Å². The van der Waals surface area contributed by atoms with Gasteiger partial charge in [-0.2, -0.15) is 18.2 Å². The Morgan fingerprint density at radius 3 is 2.46 bits per heavy atom. The van der Waals surface area contributed by atoms with Crippen LogP contribution < -0.4 is 9.47 Å². The Bertz CT molecular complexity index is 1670. The van der Waals surface area contributed by atoms with Gasteiger partial charge in [0.15, 0.2) is 17.0 Å². The van der Waals surface area contributed by atoms with E-state index >= 15 is 0 Å². The molecule has 5 aromatic rings. The Morgan fingerprint density at radius 1 is 0.974 bits per heavy atom. The fraction of sp³-hybridized carbons (Fsp3) is 0.259. The van der Waals surface area contributed by atoms with Crippen LogP contribution in [0.3, 0.4) is 0 Å². The van der Waals surface area contributed by atoms with E-state index in [1.54, 1.807) is 43.6 Å². The van der Waals surface area contributed by atoms with Gasteiger partial charge in [-0.3, -0.25) is 0 Å². The average Bonchev–Trinajstić information content (AvgIpc) is 3.71. The second-order valence-electron chi connectivity index (χ2n) is 9.18. The zero-order valence-electron chi connectivity index (χ0n) is 21.0. The molecule has 0 N–H and O–H groups in total. The summed E-state index contributed by atoms with van der Waals surface area (Å²) < 4.78 is 52.1. The molecule has 1 aromatic carbocycles. The zero-order chi connectivity index (χ0) is 27.1. The molecule has 0 aliphatic heterocycles. The van der Waals surface area contributed by atoms with Crippen molar-refractivity contribution in [2.75, 3.05) is 7.11 Å². The van der Waals surface area contributed by atoms with Crippen LogP contribution in [0.2, 0.25) is 0 Å². The van der Waals surface area contributed by atoms with Crippen LogP contribution in [0, 0.1) is 0 Å². The van der Waals surface area contributed by atoms with Gasteiger partial charge in [-0.05, 0) is 30.5 Å². The third kappa shape index (κ3) is 4.85. The van der Waals surface area contributed by atoms with Crippen molar-refractivity contribution in [1.29, 1.82) is 0 Å². The van der Waals surface area contributed by atoms with E-state index in [0.29, 0.717) is 39.8 Å². The first kappa shape index (κ1) is 24.7. The lowest BCUT2D eigenvalue weighted by Gasteiger charge is -2.13. The van der Waals surface area contributed by atoms with E-state index in [9.17, 15) is 13.2 Å². The number of halogens is 3.